The molecule has 204 valence electrons. The number of amides is 2. The number of nitro groups is 1. The predicted octanol–water partition coefficient (Wildman–Crippen LogP) is 6.26. The first-order valence-electron chi connectivity index (χ1n) is 13.0. The van der Waals surface area contributed by atoms with Crippen molar-refractivity contribution in [3.63, 3.8) is 0 Å². The molecule has 2 amide bonds. The molecule has 0 spiro atoms. The summed E-state index contributed by atoms with van der Waals surface area (Å²) in [6.45, 7) is 0. The first-order chi connectivity index (χ1) is 19.7. The Labute approximate surface area is 233 Å². The van der Waals surface area contributed by atoms with E-state index in [1.54, 1.807) is 36.4 Å². The van der Waals surface area contributed by atoms with Crippen molar-refractivity contribution in [2.75, 3.05) is 0 Å². The normalized spacial score (nSPS) is 13.6. The van der Waals surface area contributed by atoms with Crippen LogP contribution in [0.4, 0.5) is 10.1 Å². The van der Waals surface area contributed by atoms with Crippen LogP contribution in [0.25, 0.3) is 22.1 Å². The van der Waals surface area contributed by atoms with E-state index in [0.29, 0.717) is 22.1 Å². The molecule has 1 fully saturated rings. The SMILES string of the molecule is NC(=O)c1c(Cc2ccc(F)cc2)oc2cc([N+](=O)[O-])c(-c3cccc(C(=O)NC4(c5ccccc5)CC4)c3)cc12. The monoisotopic (exact) mass is 549 g/mol. The Kier molecular flexibility index (Phi) is 6.34. The molecule has 8 nitrogen and oxygen atoms in total. The number of nitrogens with zero attached hydrogens (tertiary/aromatic N) is 1. The quantitative estimate of drug-likeness (QED) is 0.174. The Bertz CT molecular complexity index is 1830. The second-order valence-electron chi connectivity index (χ2n) is 10.2. The van der Waals surface area contributed by atoms with Gasteiger partial charge in [-0.1, -0.05) is 54.6 Å². The predicted molar refractivity (Wildman–Crippen MR) is 151 cm³/mol. The second-order valence-corrected chi connectivity index (χ2v) is 10.2. The molecule has 5 aromatic rings. The lowest BCUT2D eigenvalue weighted by Crippen LogP contribution is -2.34. The van der Waals surface area contributed by atoms with Crippen LogP contribution in [0.2, 0.25) is 0 Å². The Morgan fingerprint density at radius 1 is 0.976 bits per heavy atom. The van der Waals surface area contributed by atoms with Gasteiger partial charge in [-0.2, -0.15) is 0 Å². The van der Waals surface area contributed by atoms with E-state index in [1.807, 2.05) is 30.3 Å². The summed E-state index contributed by atoms with van der Waals surface area (Å²) in [5.74, 6) is -1.24. The number of carbonyl (C=O) groups is 2. The summed E-state index contributed by atoms with van der Waals surface area (Å²) < 4.78 is 19.3. The zero-order valence-electron chi connectivity index (χ0n) is 21.7. The van der Waals surface area contributed by atoms with E-state index in [4.69, 9.17) is 10.2 Å². The van der Waals surface area contributed by atoms with Crippen LogP contribution < -0.4 is 11.1 Å². The maximum Gasteiger partial charge on any atom is 0.280 e. The molecule has 0 saturated heterocycles. The van der Waals surface area contributed by atoms with Crippen molar-refractivity contribution in [1.82, 2.24) is 5.32 Å². The zero-order chi connectivity index (χ0) is 28.7. The van der Waals surface area contributed by atoms with Gasteiger partial charge in [-0.15, -0.1) is 0 Å². The average Bonchev–Trinajstić information content (AvgIpc) is 3.66. The molecule has 1 saturated carbocycles. The molecular formula is C32H24FN3O5. The molecule has 6 rings (SSSR count). The van der Waals surface area contributed by atoms with Crippen LogP contribution in [0.15, 0.2) is 95.4 Å². The van der Waals surface area contributed by atoms with Gasteiger partial charge in [0.1, 0.15) is 17.2 Å². The van der Waals surface area contributed by atoms with Gasteiger partial charge in [-0.05, 0) is 59.9 Å². The molecule has 1 aliphatic carbocycles. The van der Waals surface area contributed by atoms with Gasteiger partial charge in [0, 0.05) is 17.4 Å². The Balaban J connectivity index is 1.39. The summed E-state index contributed by atoms with van der Waals surface area (Å²) in [6.07, 6.45) is 1.78. The molecule has 1 heterocycles. The lowest BCUT2D eigenvalue weighted by Gasteiger charge is -2.18. The van der Waals surface area contributed by atoms with Crippen LogP contribution >= 0.6 is 0 Å². The summed E-state index contributed by atoms with van der Waals surface area (Å²) in [6, 6.07) is 24.7. The van der Waals surface area contributed by atoms with E-state index in [-0.39, 0.29) is 40.5 Å². The molecule has 0 aliphatic heterocycles. The number of halogens is 1. The molecule has 1 aliphatic rings. The van der Waals surface area contributed by atoms with Crippen molar-refractivity contribution < 1.29 is 23.3 Å². The van der Waals surface area contributed by atoms with E-state index in [2.05, 4.69) is 5.32 Å². The molecule has 1 aromatic heterocycles. The van der Waals surface area contributed by atoms with Crippen molar-refractivity contribution in [2.24, 2.45) is 5.73 Å². The molecule has 9 heteroatoms. The summed E-state index contributed by atoms with van der Waals surface area (Å²) in [5, 5.41) is 15.6. The number of carbonyl (C=O) groups excluding carboxylic acids is 2. The van der Waals surface area contributed by atoms with E-state index in [1.165, 1.54) is 24.3 Å². The Morgan fingerprint density at radius 2 is 1.71 bits per heavy atom. The van der Waals surface area contributed by atoms with Crippen LogP contribution in [-0.2, 0) is 12.0 Å². The summed E-state index contributed by atoms with van der Waals surface area (Å²) in [4.78, 5) is 37.4. The largest absolute Gasteiger partial charge is 0.460 e. The van der Waals surface area contributed by atoms with Crippen LogP contribution in [0.3, 0.4) is 0 Å². The number of rotatable bonds is 8. The van der Waals surface area contributed by atoms with Crippen LogP contribution in [0.5, 0.6) is 0 Å². The van der Waals surface area contributed by atoms with Gasteiger partial charge in [0.05, 0.1) is 27.7 Å². The molecule has 0 atom stereocenters. The van der Waals surface area contributed by atoms with Gasteiger partial charge >= 0.3 is 0 Å². The molecule has 4 aromatic carbocycles. The number of fused-ring (bicyclic) bond motifs is 1. The lowest BCUT2D eigenvalue weighted by atomic mass is 9.97. The molecule has 0 radical (unpaired) electrons. The van der Waals surface area contributed by atoms with Gasteiger partial charge in [-0.3, -0.25) is 19.7 Å². The van der Waals surface area contributed by atoms with Crippen LogP contribution in [0.1, 0.15) is 50.4 Å². The van der Waals surface area contributed by atoms with E-state index in [0.717, 1.165) is 18.4 Å². The molecule has 0 unspecified atom stereocenters. The number of nitro benzene ring substituents is 1. The highest BCUT2D eigenvalue weighted by molar-refractivity contribution is 6.08. The second kappa shape index (κ2) is 10.0. The minimum atomic E-state index is -0.760. The highest BCUT2D eigenvalue weighted by Gasteiger charge is 2.45. The van der Waals surface area contributed by atoms with E-state index >= 15 is 0 Å². The van der Waals surface area contributed by atoms with Crippen molar-refractivity contribution >= 4 is 28.5 Å². The Hall–Kier alpha value is -5.31. The first kappa shape index (κ1) is 25.9. The number of nitrogens with one attached hydrogen (secondary N) is 1. The number of hydrogen-bond donors (Lipinski definition) is 2. The van der Waals surface area contributed by atoms with Crippen molar-refractivity contribution in [2.45, 2.75) is 24.8 Å². The summed E-state index contributed by atoms with van der Waals surface area (Å²) in [7, 11) is 0. The molecule has 3 N–H and O–H groups in total. The highest BCUT2D eigenvalue weighted by Crippen LogP contribution is 2.45. The lowest BCUT2D eigenvalue weighted by molar-refractivity contribution is -0.384. The van der Waals surface area contributed by atoms with Crippen molar-refractivity contribution in [3.8, 4) is 11.1 Å². The van der Waals surface area contributed by atoms with Gasteiger partial charge in [0.15, 0.2) is 0 Å². The van der Waals surface area contributed by atoms with Gasteiger partial charge in [0.2, 0.25) is 0 Å². The third-order valence-corrected chi connectivity index (χ3v) is 7.47. The smallest absolute Gasteiger partial charge is 0.280 e. The summed E-state index contributed by atoms with van der Waals surface area (Å²) in [5.41, 5.74) is 7.93. The third-order valence-electron chi connectivity index (χ3n) is 7.47. The number of furan rings is 1. The number of primary amides is 1. The minimum Gasteiger partial charge on any atom is -0.460 e. The maximum atomic E-state index is 13.4. The fourth-order valence-electron chi connectivity index (χ4n) is 5.23. The topological polar surface area (TPSA) is 128 Å². The fraction of sp³-hybridized carbons (Fsp3) is 0.125. The Morgan fingerprint density at radius 3 is 2.37 bits per heavy atom. The van der Waals surface area contributed by atoms with Gasteiger partial charge in [-0.25, -0.2) is 4.39 Å². The van der Waals surface area contributed by atoms with Gasteiger partial charge in [0.25, 0.3) is 17.5 Å². The maximum absolute atomic E-state index is 13.4. The fourth-order valence-corrected chi connectivity index (χ4v) is 5.23. The van der Waals surface area contributed by atoms with E-state index < -0.39 is 22.2 Å². The van der Waals surface area contributed by atoms with Crippen molar-refractivity contribution in [3.05, 3.63) is 135 Å². The molecule has 41 heavy (non-hydrogen) atoms. The number of nitrogens with two attached hydrogens (primary N) is 1. The van der Waals surface area contributed by atoms with E-state index in [9.17, 15) is 24.1 Å². The average molecular weight is 550 g/mol. The molecule has 0 bridgehead atoms. The summed E-state index contributed by atoms with van der Waals surface area (Å²) >= 11 is 0. The first-order valence-corrected chi connectivity index (χ1v) is 13.0. The van der Waals surface area contributed by atoms with Gasteiger partial charge < -0.3 is 15.5 Å². The zero-order valence-corrected chi connectivity index (χ0v) is 21.7. The van der Waals surface area contributed by atoms with Crippen LogP contribution in [0, 0.1) is 15.9 Å². The highest BCUT2D eigenvalue weighted by atomic mass is 19.1. The minimum absolute atomic E-state index is 0.0907. The molecular weight excluding hydrogens is 525 g/mol. The number of hydrogen-bond acceptors (Lipinski definition) is 5. The van der Waals surface area contributed by atoms with Crippen LogP contribution in [-0.4, -0.2) is 16.7 Å². The third kappa shape index (κ3) is 4.93. The standard InChI is InChI=1S/C32H24FN3O5/c33-23-11-9-19(10-12-23)15-28-29(30(34)37)25-17-24(26(36(39)40)18-27(25)41-28)20-5-4-6-21(16-20)31(38)35-32(13-14-32)22-7-2-1-3-8-22/h1-12,16-18H,13-15H2,(H2,34,37)(H,35,38). The van der Waals surface area contributed by atoms with Crippen molar-refractivity contribution in [1.29, 1.82) is 0 Å². The number of benzene rings is 4.